The van der Waals surface area contributed by atoms with Gasteiger partial charge in [-0.15, -0.1) is 0 Å². The maximum Gasteiger partial charge on any atom is 0.337 e. The Labute approximate surface area is 79.1 Å². The number of carbonyl (C=O) groups is 1. The summed E-state index contributed by atoms with van der Waals surface area (Å²) in [5, 5.41) is 11.2. The number of halogens is 2. The molecule has 0 bridgehead atoms. The van der Waals surface area contributed by atoms with Crippen LogP contribution in [0.1, 0.15) is 10.4 Å². The zero-order chi connectivity index (χ0) is 10.0. The van der Waals surface area contributed by atoms with Gasteiger partial charge in [0.15, 0.2) is 0 Å². The van der Waals surface area contributed by atoms with Gasteiger partial charge in [-0.2, -0.15) is 0 Å². The van der Waals surface area contributed by atoms with Crippen LogP contribution in [-0.2, 0) is 0 Å². The fraction of sp³-hybridized carbons (Fsp3) is 0.125. The number of rotatable bonds is 2. The molecule has 0 radical (unpaired) electrons. The molecule has 0 aliphatic carbocycles. The van der Waals surface area contributed by atoms with Crippen molar-refractivity contribution < 1.29 is 14.3 Å². The number of benzene rings is 1. The molecule has 0 aliphatic rings. The van der Waals surface area contributed by atoms with Crippen molar-refractivity contribution >= 4 is 23.3 Å². The van der Waals surface area contributed by atoms with Gasteiger partial charge in [-0.1, -0.05) is 11.6 Å². The number of carboxylic acids is 1. The Hall–Kier alpha value is -1.29. The predicted molar refractivity (Wildman–Crippen MR) is 47.9 cm³/mol. The van der Waals surface area contributed by atoms with Crippen LogP contribution in [0.5, 0.6) is 0 Å². The van der Waals surface area contributed by atoms with Gasteiger partial charge in [0.2, 0.25) is 0 Å². The molecular formula is C8H7ClFNO2. The molecule has 0 amide bonds. The Kier molecular flexibility index (Phi) is 2.72. The van der Waals surface area contributed by atoms with E-state index in [9.17, 15) is 9.18 Å². The van der Waals surface area contributed by atoms with Crippen molar-refractivity contribution in [2.75, 3.05) is 12.4 Å². The summed E-state index contributed by atoms with van der Waals surface area (Å²) in [7, 11) is 1.44. The fourth-order valence-corrected chi connectivity index (χ4v) is 1.20. The highest BCUT2D eigenvalue weighted by Gasteiger charge is 2.14. The van der Waals surface area contributed by atoms with E-state index in [4.69, 9.17) is 16.7 Å². The van der Waals surface area contributed by atoms with Crippen molar-refractivity contribution in [3.8, 4) is 0 Å². The number of aromatic carboxylic acids is 1. The summed E-state index contributed by atoms with van der Waals surface area (Å²) >= 11 is 5.49. The highest BCUT2D eigenvalue weighted by Crippen LogP contribution is 2.24. The lowest BCUT2D eigenvalue weighted by Gasteiger charge is -2.06. The van der Waals surface area contributed by atoms with Gasteiger partial charge in [-0.3, -0.25) is 0 Å². The van der Waals surface area contributed by atoms with Crippen molar-refractivity contribution in [2.45, 2.75) is 0 Å². The molecule has 1 aromatic carbocycles. The first-order valence-electron chi connectivity index (χ1n) is 3.46. The van der Waals surface area contributed by atoms with Gasteiger partial charge in [0.1, 0.15) is 5.82 Å². The Morgan fingerprint density at radius 2 is 2.23 bits per heavy atom. The van der Waals surface area contributed by atoms with Crippen LogP contribution in [0.25, 0.3) is 0 Å². The zero-order valence-electron chi connectivity index (χ0n) is 6.77. The van der Waals surface area contributed by atoms with E-state index in [1.54, 1.807) is 0 Å². The first-order valence-corrected chi connectivity index (χ1v) is 3.84. The van der Waals surface area contributed by atoms with Crippen molar-refractivity contribution in [1.29, 1.82) is 0 Å². The van der Waals surface area contributed by atoms with Crippen LogP contribution in [0.15, 0.2) is 12.1 Å². The lowest BCUT2D eigenvalue weighted by Crippen LogP contribution is -2.04. The second-order valence-corrected chi connectivity index (χ2v) is 2.80. The molecular weight excluding hydrogens is 197 g/mol. The van der Waals surface area contributed by atoms with Gasteiger partial charge in [-0.25, -0.2) is 9.18 Å². The number of hydrogen-bond acceptors (Lipinski definition) is 2. The van der Waals surface area contributed by atoms with Gasteiger partial charge < -0.3 is 10.4 Å². The molecule has 0 saturated heterocycles. The summed E-state index contributed by atoms with van der Waals surface area (Å²) in [6.07, 6.45) is 0. The van der Waals surface area contributed by atoms with Crippen molar-refractivity contribution in [3.63, 3.8) is 0 Å². The summed E-state index contributed by atoms with van der Waals surface area (Å²) < 4.78 is 13.1. The van der Waals surface area contributed by atoms with Crippen LogP contribution < -0.4 is 5.32 Å². The van der Waals surface area contributed by atoms with Crippen molar-refractivity contribution in [2.24, 2.45) is 0 Å². The third-order valence-electron chi connectivity index (χ3n) is 1.54. The molecule has 1 aromatic rings. The number of hydrogen-bond donors (Lipinski definition) is 2. The minimum atomic E-state index is -1.22. The molecule has 3 nitrogen and oxygen atoms in total. The van der Waals surface area contributed by atoms with E-state index in [1.807, 2.05) is 0 Å². The molecule has 0 saturated carbocycles. The molecule has 0 aliphatic heterocycles. The number of carboxylic acid groups (broad SMARTS) is 1. The highest BCUT2D eigenvalue weighted by atomic mass is 35.5. The van der Waals surface area contributed by atoms with E-state index in [2.05, 4.69) is 5.32 Å². The van der Waals surface area contributed by atoms with E-state index >= 15 is 0 Å². The lowest BCUT2D eigenvalue weighted by atomic mass is 10.1. The summed E-state index contributed by atoms with van der Waals surface area (Å²) in [6, 6.07) is 2.25. The predicted octanol–water partition coefficient (Wildman–Crippen LogP) is 2.22. The van der Waals surface area contributed by atoms with Crippen LogP contribution in [0.4, 0.5) is 10.1 Å². The molecule has 1 rings (SSSR count). The molecule has 0 fully saturated rings. The minimum absolute atomic E-state index is 0.0584. The SMILES string of the molecule is CNc1c(F)cc(Cl)cc1C(=O)O. The first-order chi connectivity index (χ1) is 6.06. The molecule has 13 heavy (non-hydrogen) atoms. The molecule has 70 valence electrons. The highest BCUT2D eigenvalue weighted by molar-refractivity contribution is 6.31. The summed E-state index contributed by atoms with van der Waals surface area (Å²) in [5.41, 5.74) is -0.232. The van der Waals surface area contributed by atoms with E-state index in [1.165, 1.54) is 13.1 Å². The van der Waals surface area contributed by atoms with Gasteiger partial charge in [0.25, 0.3) is 0 Å². The molecule has 0 unspecified atom stereocenters. The standard InChI is InChI=1S/C8H7ClFNO2/c1-11-7-5(8(12)13)2-4(9)3-6(7)10/h2-3,11H,1H3,(H,12,13). The Morgan fingerprint density at radius 1 is 1.62 bits per heavy atom. The van der Waals surface area contributed by atoms with Crippen LogP contribution in [-0.4, -0.2) is 18.1 Å². The zero-order valence-corrected chi connectivity index (χ0v) is 7.52. The van der Waals surface area contributed by atoms with Crippen LogP contribution >= 0.6 is 11.6 Å². The molecule has 0 aromatic heterocycles. The third kappa shape index (κ3) is 1.89. The van der Waals surface area contributed by atoms with Gasteiger partial charge in [0, 0.05) is 12.1 Å². The number of nitrogens with one attached hydrogen (secondary N) is 1. The average molecular weight is 204 g/mol. The van der Waals surface area contributed by atoms with Gasteiger partial charge >= 0.3 is 5.97 Å². The topological polar surface area (TPSA) is 49.3 Å². The average Bonchev–Trinajstić information content (AvgIpc) is 2.02. The van der Waals surface area contributed by atoms with E-state index in [0.717, 1.165) is 6.07 Å². The molecule has 0 spiro atoms. The van der Waals surface area contributed by atoms with Crippen LogP contribution in [0, 0.1) is 5.82 Å². The largest absolute Gasteiger partial charge is 0.478 e. The summed E-state index contributed by atoms with van der Waals surface area (Å²) in [4.78, 5) is 10.6. The molecule has 0 atom stereocenters. The van der Waals surface area contributed by atoms with Crippen LogP contribution in [0.3, 0.4) is 0 Å². The normalized spacial score (nSPS) is 9.77. The number of anilines is 1. The second-order valence-electron chi connectivity index (χ2n) is 2.37. The minimum Gasteiger partial charge on any atom is -0.478 e. The maximum atomic E-state index is 13.1. The van der Waals surface area contributed by atoms with Crippen molar-refractivity contribution in [3.05, 3.63) is 28.5 Å². The molecule has 2 N–H and O–H groups in total. The Balaban J connectivity index is 3.38. The molecule has 0 heterocycles. The van der Waals surface area contributed by atoms with Crippen LogP contribution in [0.2, 0.25) is 5.02 Å². The summed E-state index contributed by atoms with van der Waals surface area (Å²) in [5.74, 6) is -1.89. The maximum absolute atomic E-state index is 13.1. The lowest BCUT2D eigenvalue weighted by molar-refractivity contribution is 0.0697. The first kappa shape index (κ1) is 9.80. The van der Waals surface area contributed by atoms with Gasteiger partial charge in [0.05, 0.1) is 11.3 Å². The summed E-state index contributed by atoms with van der Waals surface area (Å²) in [6.45, 7) is 0. The van der Waals surface area contributed by atoms with Gasteiger partial charge in [-0.05, 0) is 12.1 Å². The second kappa shape index (κ2) is 3.62. The quantitative estimate of drug-likeness (QED) is 0.775. The Bertz CT molecular complexity index is 354. The van der Waals surface area contributed by atoms with Crippen molar-refractivity contribution in [1.82, 2.24) is 0 Å². The van der Waals surface area contributed by atoms with E-state index in [-0.39, 0.29) is 16.3 Å². The monoisotopic (exact) mass is 203 g/mol. The van der Waals surface area contributed by atoms with E-state index < -0.39 is 11.8 Å². The fourth-order valence-electron chi connectivity index (χ4n) is 0.996. The molecule has 5 heteroatoms. The Morgan fingerprint density at radius 3 is 2.69 bits per heavy atom. The third-order valence-corrected chi connectivity index (χ3v) is 1.75. The smallest absolute Gasteiger partial charge is 0.337 e. The van der Waals surface area contributed by atoms with E-state index in [0.29, 0.717) is 0 Å².